The van der Waals surface area contributed by atoms with Gasteiger partial charge in [0.15, 0.2) is 5.82 Å². The Bertz CT molecular complexity index is 918. The predicted octanol–water partition coefficient (Wildman–Crippen LogP) is 2.01. The van der Waals surface area contributed by atoms with Crippen molar-refractivity contribution in [2.75, 3.05) is 20.8 Å². The van der Waals surface area contributed by atoms with Gasteiger partial charge in [-0.2, -0.15) is 4.68 Å². The predicted molar refractivity (Wildman–Crippen MR) is 101 cm³/mol. The molecule has 28 heavy (non-hydrogen) atoms. The summed E-state index contributed by atoms with van der Waals surface area (Å²) in [4.78, 5) is 12.7. The van der Waals surface area contributed by atoms with Gasteiger partial charge in [-0.15, -0.1) is 5.10 Å². The standard InChI is InChI=1S/C19H21N5O4/c1-4-28-14-10-8-13(9-11-14)24-17(21-22-23-24)12-20-19(25)18-15(26-2)6-5-7-16(18)27-3/h5-11H,4,12H2,1-3H3,(H,20,25). The zero-order chi connectivity index (χ0) is 19.9. The lowest BCUT2D eigenvalue weighted by Crippen LogP contribution is -2.25. The second-order valence-corrected chi connectivity index (χ2v) is 5.65. The molecule has 0 aliphatic heterocycles. The average molecular weight is 383 g/mol. The van der Waals surface area contributed by atoms with Crippen LogP contribution >= 0.6 is 0 Å². The van der Waals surface area contributed by atoms with E-state index in [1.807, 2.05) is 31.2 Å². The Balaban J connectivity index is 1.76. The molecule has 2 aromatic carbocycles. The first-order valence-corrected chi connectivity index (χ1v) is 8.67. The number of aromatic nitrogens is 4. The lowest BCUT2D eigenvalue weighted by molar-refractivity contribution is 0.0943. The zero-order valence-electron chi connectivity index (χ0n) is 15.9. The summed E-state index contributed by atoms with van der Waals surface area (Å²) in [5, 5.41) is 14.5. The van der Waals surface area contributed by atoms with Gasteiger partial charge in [0.2, 0.25) is 0 Å². The summed E-state index contributed by atoms with van der Waals surface area (Å²) < 4.78 is 17.5. The molecule has 9 heteroatoms. The molecule has 0 aliphatic carbocycles. The summed E-state index contributed by atoms with van der Waals surface area (Å²) in [5.74, 6) is 1.73. The van der Waals surface area contributed by atoms with E-state index in [1.165, 1.54) is 14.2 Å². The van der Waals surface area contributed by atoms with Crippen LogP contribution in [-0.4, -0.2) is 46.9 Å². The van der Waals surface area contributed by atoms with Crippen molar-refractivity contribution in [1.29, 1.82) is 0 Å². The van der Waals surface area contributed by atoms with E-state index in [0.29, 0.717) is 29.5 Å². The summed E-state index contributed by atoms with van der Waals surface area (Å²) >= 11 is 0. The van der Waals surface area contributed by atoms with Gasteiger partial charge in [0.05, 0.1) is 33.1 Å². The molecule has 1 aromatic heterocycles. The second-order valence-electron chi connectivity index (χ2n) is 5.65. The monoisotopic (exact) mass is 383 g/mol. The Kier molecular flexibility index (Phi) is 6.05. The normalized spacial score (nSPS) is 10.4. The molecule has 0 aliphatic rings. The molecule has 0 unspecified atom stereocenters. The lowest BCUT2D eigenvalue weighted by atomic mass is 10.1. The molecule has 3 rings (SSSR count). The highest BCUT2D eigenvalue weighted by Crippen LogP contribution is 2.28. The molecular formula is C19H21N5O4. The highest BCUT2D eigenvalue weighted by molar-refractivity contribution is 5.99. The minimum absolute atomic E-state index is 0.125. The molecule has 0 spiro atoms. The summed E-state index contributed by atoms with van der Waals surface area (Å²) in [5.41, 5.74) is 1.07. The van der Waals surface area contributed by atoms with Gasteiger partial charge in [-0.05, 0) is 53.7 Å². The fourth-order valence-corrected chi connectivity index (χ4v) is 2.69. The largest absolute Gasteiger partial charge is 0.496 e. The maximum Gasteiger partial charge on any atom is 0.259 e. The van der Waals surface area contributed by atoms with E-state index >= 15 is 0 Å². The van der Waals surface area contributed by atoms with E-state index in [1.54, 1.807) is 22.9 Å². The van der Waals surface area contributed by atoms with Crippen LogP contribution in [0.3, 0.4) is 0 Å². The number of tetrazole rings is 1. The van der Waals surface area contributed by atoms with E-state index in [0.717, 1.165) is 11.4 Å². The minimum Gasteiger partial charge on any atom is -0.496 e. The Morgan fingerprint density at radius 3 is 2.36 bits per heavy atom. The van der Waals surface area contributed by atoms with Gasteiger partial charge in [-0.1, -0.05) is 6.07 Å². The first kappa shape index (κ1) is 19.2. The van der Waals surface area contributed by atoms with Gasteiger partial charge in [-0.25, -0.2) is 0 Å². The Morgan fingerprint density at radius 2 is 1.75 bits per heavy atom. The van der Waals surface area contributed by atoms with Crippen molar-refractivity contribution in [3.05, 3.63) is 53.9 Å². The van der Waals surface area contributed by atoms with Gasteiger partial charge < -0.3 is 19.5 Å². The molecule has 0 radical (unpaired) electrons. The van der Waals surface area contributed by atoms with Crippen LogP contribution in [0.4, 0.5) is 0 Å². The van der Waals surface area contributed by atoms with Crippen LogP contribution in [-0.2, 0) is 6.54 Å². The van der Waals surface area contributed by atoms with Crippen LogP contribution in [0.5, 0.6) is 17.2 Å². The molecule has 0 fully saturated rings. The van der Waals surface area contributed by atoms with E-state index in [-0.39, 0.29) is 12.5 Å². The SMILES string of the molecule is CCOc1ccc(-n2nnnc2CNC(=O)c2c(OC)cccc2OC)cc1. The van der Waals surface area contributed by atoms with Crippen LogP contribution in [0.25, 0.3) is 5.69 Å². The molecule has 146 valence electrons. The van der Waals surface area contributed by atoms with Crippen LogP contribution in [0.15, 0.2) is 42.5 Å². The zero-order valence-corrected chi connectivity index (χ0v) is 15.9. The number of benzene rings is 2. The van der Waals surface area contributed by atoms with Crippen molar-refractivity contribution in [1.82, 2.24) is 25.5 Å². The van der Waals surface area contributed by atoms with Crippen LogP contribution in [0, 0.1) is 0 Å². The second kappa shape index (κ2) is 8.85. The molecule has 0 atom stereocenters. The van der Waals surface area contributed by atoms with Gasteiger partial charge in [0.25, 0.3) is 5.91 Å². The molecule has 1 N–H and O–H groups in total. The number of carbonyl (C=O) groups excluding carboxylic acids is 1. The van der Waals surface area contributed by atoms with Crippen molar-refractivity contribution >= 4 is 5.91 Å². The van der Waals surface area contributed by atoms with Gasteiger partial charge in [0, 0.05) is 0 Å². The molecule has 9 nitrogen and oxygen atoms in total. The first-order chi connectivity index (χ1) is 13.7. The quantitative estimate of drug-likeness (QED) is 0.635. The smallest absolute Gasteiger partial charge is 0.259 e. The number of hydrogen-bond donors (Lipinski definition) is 1. The van der Waals surface area contributed by atoms with Gasteiger partial charge >= 0.3 is 0 Å². The molecule has 1 amide bonds. The number of ether oxygens (including phenoxy) is 3. The summed E-state index contributed by atoms with van der Waals surface area (Å²) in [6, 6.07) is 12.5. The van der Waals surface area contributed by atoms with Crippen LogP contribution < -0.4 is 19.5 Å². The summed E-state index contributed by atoms with van der Waals surface area (Å²) in [6.07, 6.45) is 0. The maximum absolute atomic E-state index is 12.7. The number of hydrogen-bond acceptors (Lipinski definition) is 7. The molecule has 0 saturated carbocycles. The van der Waals surface area contributed by atoms with E-state index in [4.69, 9.17) is 14.2 Å². The van der Waals surface area contributed by atoms with Crippen molar-refractivity contribution in [2.45, 2.75) is 13.5 Å². The van der Waals surface area contributed by atoms with E-state index < -0.39 is 0 Å². The molecular weight excluding hydrogens is 362 g/mol. The van der Waals surface area contributed by atoms with Crippen LogP contribution in [0.1, 0.15) is 23.1 Å². The summed E-state index contributed by atoms with van der Waals surface area (Å²) in [7, 11) is 3.00. The Morgan fingerprint density at radius 1 is 1.07 bits per heavy atom. The number of carbonyl (C=O) groups is 1. The van der Waals surface area contributed by atoms with Gasteiger partial charge in [0.1, 0.15) is 22.8 Å². The number of amides is 1. The van der Waals surface area contributed by atoms with Crippen molar-refractivity contribution < 1.29 is 19.0 Å². The van der Waals surface area contributed by atoms with Crippen LogP contribution in [0.2, 0.25) is 0 Å². The molecule has 1 heterocycles. The first-order valence-electron chi connectivity index (χ1n) is 8.67. The number of rotatable bonds is 8. The Hall–Kier alpha value is -3.62. The highest BCUT2D eigenvalue weighted by Gasteiger charge is 2.19. The maximum atomic E-state index is 12.7. The van der Waals surface area contributed by atoms with E-state index in [2.05, 4.69) is 20.8 Å². The van der Waals surface area contributed by atoms with Crippen molar-refractivity contribution in [2.24, 2.45) is 0 Å². The third-order valence-electron chi connectivity index (χ3n) is 3.99. The molecule has 0 bridgehead atoms. The van der Waals surface area contributed by atoms with E-state index in [9.17, 15) is 4.79 Å². The third-order valence-corrected chi connectivity index (χ3v) is 3.99. The highest BCUT2D eigenvalue weighted by atomic mass is 16.5. The molecule has 3 aromatic rings. The van der Waals surface area contributed by atoms with Crippen molar-refractivity contribution in [3.8, 4) is 22.9 Å². The average Bonchev–Trinajstić information content (AvgIpc) is 3.20. The third kappa shape index (κ3) is 4.03. The summed E-state index contributed by atoms with van der Waals surface area (Å²) in [6.45, 7) is 2.64. The Labute approximate surface area is 162 Å². The number of nitrogens with one attached hydrogen (secondary N) is 1. The minimum atomic E-state index is -0.351. The topological polar surface area (TPSA) is 100 Å². The lowest BCUT2D eigenvalue weighted by Gasteiger charge is -2.13. The molecule has 0 saturated heterocycles. The van der Waals surface area contributed by atoms with Gasteiger partial charge in [-0.3, -0.25) is 4.79 Å². The number of nitrogens with zero attached hydrogens (tertiary/aromatic N) is 4. The number of methoxy groups -OCH3 is 2. The van der Waals surface area contributed by atoms with Crippen molar-refractivity contribution in [3.63, 3.8) is 0 Å². The fraction of sp³-hybridized carbons (Fsp3) is 0.263. The fourth-order valence-electron chi connectivity index (χ4n) is 2.69.